The molecule has 2 aliphatic carbocycles. The van der Waals surface area contributed by atoms with Gasteiger partial charge < -0.3 is 19.4 Å². The average molecular weight is 475 g/mol. The standard InChI is InChI=1S/C29H34N2O4/c1-3-34-28(32)26-21-16-10-8-14-19(21)24(30-26)23(18-12-6-5-7-13-18)25-20-15-9-11-17-22(20)27(31-25)29(33)35-4-2/h5-7,12-13,23,30-31H,3-4,8-11,14-17H2,1-2H3. The van der Waals surface area contributed by atoms with Gasteiger partial charge in [-0.05, 0) is 93.0 Å². The molecule has 0 spiro atoms. The minimum absolute atomic E-state index is 0.138. The summed E-state index contributed by atoms with van der Waals surface area (Å²) in [6, 6.07) is 10.4. The lowest BCUT2D eigenvalue weighted by molar-refractivity contribution is 0.0509. The monoisotopic (exact) mass is 474 g/mol. The summed E-state index contributed by atoms with van der Waals surface area (Å²) in [5.41, 5.74) is 9.02. The number of aromatic amines is 2. The van der Waals surface area contributed by atoms with Gasteiger partial charge in [0.25, 0.3) is 0 Å². The first-order chi connectivity index (χ1) is 17.1. The van der Waals surface area contributed by atoms with Crippen LogP contribution in [-0.2, 0) is 35.2 Å². The van der Waals surface area contributed by atoms with Crippen molar-refractivity contribution in [3.8, 4) is 0 Å². The first-order valence-corrected chi connectivity index (χ1v) is 13.0. The van der Waals surface area contributed by atoms with Gasteiger partial charge in [0.1, 0.15) is 11.4 Å². The van der Waals surface area contributed by atoms with E-state index in [0.29, 0.717) is 24.6 Å². The van der Waals surface area contributed by atoms with E-state index in [-0.39, 0.29) is 17.9 Å². The molecule has 2 N–H and O–H groups in total. The molecule has 0 aliphatic heterocycles. The molecule has 184 valence electrons. The highest BCUT2D eigenvalue weighted by Gasteiger charge is 2.34. The highest BCUT2D eigenvalue weighted by atomic mass is 16.5. The number of carbonyl (C=O) groups excluding carboxylic acids is 2. The molecule has 0 saturated heterocycles. The Morgan fingerprint density at radius 2 is 1.14 bits per heavy atom. The van der Waals surface area contributed by atoms with Crippen molar-refractivity contribution in [1.82, 2.24) is 9.97 Å². The van der Waals surface area contributed by atoms with Crippen LogP contribution in [0.25, 0.3) is 0 Å². The summed E-state index contributed by atoms with van der Waals surface area (Å²) < 4.78 is 10.8. The van der Waals surface area contributed by atoms with Gasteiger partial charge in [0.05, 0.1) is 19.1 Å². The number of hydrogen-bond donors (Lipinski definition) is 2. The van der Waals surface area contributed by atoms with Gasteiger partial charge in [0.15, 0.2) is 0 Å². The van der Waals surface area contributed by atoms with Gasteiger partial charge in [-0.25, -0.2) is 9.59 Å². The molecule has 0 unspecified atom stereocenters. The highest BCUT2D eigenvalue weighted by Crippen LogP contribution is 2.42. The number of fused-ring (bicyclic) bond motifs is 2. The van der Waals surface area contributed by atoms with Crippen LogP contribution in [-0.4, -0.2) is 35.1 Å². The summed E-state index contributed by atoms with van der Waals surface area (Å²) in [6.07, 6.45) is 7.93. The van der Waals surface area contributed by atoms with Crippen LogP contribution in [0.4, 0.5) is 0 Å². The molecule has 0 fully saturated rings. The lowest BCUT2D eigenvalue weighted by Gasteiger charge is -2.23. The van der Waals surface area contributed by atoms with Crippen LogP contribution in [0.3, 0.4) is 0 Å². The van der Waals surface area contributed by atoms with Gasteiger partial charge in [0.2, 0.25) is 0 Å². The Morgan fingerprint density at radius 3 is 1.57 bits per heavy atom. The molecule has 6 heteroatoms. The first kappa shape index (κ1) is 23.5. The normalized spacial score (nSPS) is 14.9. The average Bonchev–Trinajstić information content (AvgIpc) is 3.45. The number of nitrogens with one attached hydrogen (secondary N) is 2. The summed E-state index contributed by atoms with van der Waals surface area (Å²) in [6.45, 7) is 4.36. The molecular formula is C29H34N2O4. The van der Waals surface area contributed by atoms with Gasteiger partial charge in [-0.1, -0.05) is 30.3 Å². The molecule has 35 heavy (non-hydrogen) atoms. The Balaban J connectivity index is 1.72. The lowest BCUT2D eigenvalue weighted by atomic mass is 9.82. The number of hydrogen-bond acceptors (Lipinski definition) is 4. The van der Waals surface area contributed by atoms with E-state index in [9.17, 15) is 9.59 Å². The summed E-state index contributed by atoms with van der Waals surface area (Å²) in [4.78, 5) is 32.9. The van der Waals surface area contributed by atoms with Gasteiger partial charge in [0, 0.05) is 11.4 Å². The van der Waals surface area contributed by atoms with E-state index in [1.54, 1.807) is 0 Å². The maximum atomic E-state index is 12.9. The van der Waals surface area contributed by atoms with Crippen LogP contribution < -0.4 is 0 Å². The van der Waals surface area contributed by atoms with E-state index in [0.717, 1.165) is 79.4 Å². The topological polar surface area (TPSA) is 84.2 Å². The van der Waals surface area contributed by atoms with Crippen molar-refractivity contribution in [3.63, 3.8) is 0 Å². The maximum absolute atomic E-state index is 12.9. The summed E-state index contributed by atoms with van der Waals surface area (Å²) in [5.74, 6) is -0.713. The minimum atomic E-state index is -0.288. The van der Waals surface area contributed by atoms with Crippen LogP contribution in [0.1, 0.15) is 106 Å². The van der Waals surface area contributed by atoms with Crippen molar-refractivity contribution < 1.29 is 19.1 Å². The van der Waals surface area contributed by atoms with Gasteiger partial charge >= 0.3 is 11.9 Å². The van der Waals surface area contributed by atoms with Crippen LogP contribution in [0, 0.1) is 0 Å². The number of esters is 2. The largest absolute Gasteiger partial charge is 0.461 e. The fraction of sp³-hybridized carbons (Fsp3) is 0.448. The van der Waals surface area contributed by atoms with E-state index in [1.807, 2.05) is 32.0 Å². The molecule has 0 amide bonds. The van der Waals surface area contributed by atoms with Crippen molar-refractivity contribution in [1.29, 1.82) is 0 Å². The zero-order chi connectivity index (χ0) is 24.4. The Labute approximate surface area is 206 Å². The molecule has 2 aliphatic rings. The van der Waals surface area contributed by atoms with Crippen molar-refractivity contribution in [2.75, 3.05) is 13.2 Å². The smallest absolute Gasteiger partial charge is 0.355 e. The van der Waals surface area contributed by atoms with E-state index in [4.69, 9.17) is 9.47 Å². The second kappa shape index (κ2) is 10.1. The summed E-state index contributed by atoms with van der Waals surface area (Å²) in [5, 5.41) is 0. The first-order valence-electron chi connectivity index (χ1n) is 13.0. The number of rotatable bonds is 7. The van der Waals surface area contributed by atoms with Gasteiger partial charge in [-0.3, -0.25) is 0 Å². The van der Waals surface area contributed by atoms with Crippen LogP contribution in [0.5, 0.6) is 0 Å². The molecule has 6 nitrogen and oxygen atoms in total. The third-order valence-electron chi connectivity index (χ3n) is 7.38. The number of aromatic nitrogens is 2. The number of ether oxygens (including phenoxy) is 2. The Hall–Kier alpha value is -3.28. The quantitative estimate of drug-likeness (QED) is 0.435. The molecule has 1 aromatic carbocycles. The molecule has 2 heterocycles. The molecule has 3 aromatic rings. The second-order valence-electron chi connectivity index (χ2n) is 9.44. The highest BCUT2D eigenvalue weighted by molar-refractivity contribution is 5.91. The Morgan fingerprint density at radius 1 is 0.714 bits per heavy atom. The zero-order valence-electron chi connectivity index (χ0n) is 20.7. The number of carbonyl (C=O) groups is 2. The van der Waals surface area contributed by atoms with Crippen molar-refractivity contribution in [2.24, 2.45) is 0 Å². The van der Waals surface area contributed by atoms with Crippen molar-refractivity contribution in [3.05, 3.63) is 80.9 Å². The molecule has 0 radical (unpaired) electrons. The Bertz CT molecular complexity index is 1150. The Kier molecular flexibility index (Phi) is 6.80. The molecular weight excluding hydrogens is 440 g/mol. The molecule has 5 rings (SSSR count). The van der Waals surface area contributed by atoms with Gasteiger partial charge in [-0.15, -0.1) is 0 Å². The number of H-pyrrole nitrogens is 2. The van der Waals surface area contributed by atoms with Crippen molar-refractivity contribution >= 4 is 11.9 Å². The van der Waals surface area contributed by atoms with Crippen LogP contribution in [0.2, 0.25) is 0 Å². The predicted octanol–water partition coefficient (Wildman–Crippen LogP) is 5.63. The fourth-order valence-corrected chi connectivity index (χ4v) is 5.90. The minimum Gasteiger partial charge on any atom is -0.461 e. The zero-order valence-corrected chi connectivity index (χ0v) is 20.7. The second-order valence-corrected chi connectivity index (χ2v) is 9.44. The van der Waals surface area contributed by atoms with Crippen LogP contribution >= 0.6 is 0 Å². The third kappa shape index (κ3) is 4.30. The van der Waals surface area contributed by atoms with Gasteiger partial charge in [-0.2, -0.15) is 0 Å². The lowest BCUT2D eigenvalue weighted by Crippen LogP contribution is -2.12. The van der Waals surface area contributed by atoms with E-state index < -0.39 is 0 Å². The fourth-order valence-electron chi connectivity index (χ4n) is 5.90. The summed E-state index contributed by atoms with van der Waals surface area (Å²) in [7, 11) is 0. The molecule has 2 aromatic heterocycles. The molecule has 0 atom stereocenters. The maximum Gasteiger partial charge on any atom is 0.355 e. The van der Waals surface area contributed by atoms with E-state index >= 15 is 0 Å². The molecule has 0 bridgehead atoms. The summed E-state index contributed by atoms with van der Waals surface area (Å²) >= 11 is 0. The number of benzene rings is 1. The molecule has 0 saturated carbocycles. The van der Waals surface area contributed by atoms with Crippen molar-refractivity contribution in [2.45, 2.75) is 71.1 Å². The van der Waals surface area contributed by atoms with E-state index in [1.165, 1.54) is 11.1 Å². The van der Waals surface area contributed by atoms with Crippen LogP contribution in [0.15, 0.2) is 30.3 Å². The SMILES string of the molecule is CCOC(=O)c1[nH]c(C(c2ccccc2)c2[nH]c(C(=O)OCC)c3c2CCCC3)c2c1CCCC2. The predicted molar refractivity (Wildman–Crippen MR) is 134 cm³/mol. The third-order valence-corrected chi connectivity index (χ3v) is 7.38. The van der Waals surface area contributed by atoms with E-state index in [2.05, 4.69) is 22.1 Å².